The molecule has 3 aliphatic rings. The lowest BCUT2D eigenvalue weighted by Crippen LogP contribution is -2.35. The molecule has 10 atom stereocenters. The molecule has 0 saturated carbocycles. The second kappa shape index (κ2) is 11.9. The van der Waals surface area contributed by atoms with Crippen molar-refractivity contribution in [2.24, 2.45) is 0 Å². The van der Waals surface area contributed by atoms with Crippen molar-refractivity contribution in [3.8, 4) is 0 Å². The maximum absolute atomic E-state index is 16.2. The van der Waals surface area contributed by atoms with Crippen LogP contribution in [0.25, 0.3) is 22.3 Å². The quantitative estimate of drug-likeness (QED) is 0.105. The highest BCUT2D eigenvalue weighted by Crippen LogP contribution is 2.58. The van der Waals surface area contributed by atoms with E-state index >= 15 is 4.39 Å². The number of imidazole rings is 2. The van der Waals surface area contributed by atoms with Crippen molar-refractivity contribution in [2.45, 2.75) is 49.1 Å². The van der Waals surface area contributed by atoms with Crippen LogP contribution in [-0.4, -0.2) is 106 Å². The van der Waals surface area contributed by atoms with E-state index in [-0.39, 0.29) is 40.0 Å². The van der Waals surface area contributed by atoms with Gasteiger partial charge < -0.3 is 40.8 Å². The van der Waals surface area contributed by atoms with E-state index in [1.807, 2.05) is 0 Å². The number of aromatic nitrogens is 8. The second-order valence-corrected chi connectivity index (χ2v) is 16.2. The summed E-state index contributed by atoms with van der Waals surface area (Å²) in [6.07, 6.45) is -9.86. The summed E-state index contributed by atoms with van der Waals surface area (Å²) in [6, 6.07) is 0. The van der Waals surface area contributed by atoms with Gasteiger partial charge in [-0.15, -0.1) is 0 Å². The number of aliphatic hydroxyl groups excluding tert-OH is 1. The Bertz CT molecular complexity index is 2020. The maximum Gasteiger partial charge on any atom is 0.386 e. The number of nitrogens with one attached hydrogen (secondary N) is 2. The molecule has 4 aromatic rings. The third kappa shape index (κ3) is 5.91. The summed E-state index contributed by atoms with van der Waals surface area (Å²) >= 11 is 9.25. The molecule has 7 rings (SSSR count). The number of fused-ring (bicyclic) bond motifs is 5. The Balaban J connectivity index is 1.21. The summed E-state index contributed by atoms with van der Waals surface area (Å²) in [5, 5.41) is 13.9. The number of rotatable bonds is 3. The summed E-state index contributed by atoms with van der Waals surface area (Å²) in [5.41, 5.74) is 11.2. The first-order valence-corrected chi connectivity index (χ1v) is 18.9. The van der Waals surface area contributed by atoms with Gasteiger partial charge in [-0.05, 0) is 11.8 Å². The van der Waals surface area contributed by atoms with Gasteiger partial charge in [0.1, 0.15) is 36.0 Å². The fourth-order valence-corrected chi connectivity index (χ4v) is 8.34. The summed E-state index contributed by atoms with van der Waals surface area (Å²) < 4.78 is 66.2. The van der Waals surface area contributed by atoms with Crippen LogP contribution in [0.2, 0.25) is 0 Å². The van der Waals surface area contributed by atoms with Crippen molar-refractivity contribution in [3.63, 3.8) is 0 Å². The first-order valence-electron chi connectivity index (χ1n) is 13.6. The average molecular weight is 738 g/mol. The number of hydrogen-bond acceptors (Lipinski definition) is 18. The van der Waals surface area contributed by atoms with Crippen LogP contribution >= 0.6 is 25.8 Å². The van der Waals surface area contributed by atoms with Crippen molar-refractivity contribution >= 4 is 77.6 Å². The predicted octanol–water partition coefficient (Wildman–Crippen LogP) is -0.269. The smallest absolute Gasteiger partial charge is 0.386 e. The van der Waals surface area contributed by atoms with Gasteiger partial charge in [0.05, 0.1) is 25.9 Å². The van der Waals surface area contributed by atoms with Gasteiger partial charge >= 0.3 is 13.5 Å². The van der Waals surface area contributed by atoms with E-state index in [1.165, 1.54) is 21.8 Å². The van der Waals surface area contributed by atoms with E-state index < -0.39 is 81.4 Å². The first-order chi connectivity index (χ1) is 22.2. The van der Waals surface area contributed by atoms with E-state index in [0.717, 1.165) is 0 Å². The number of anilines is 3. The van der Waals surface area contributed by atoms with E-state index in [9.17, 15) is 19.4 Å². The SMILES string of the molecule is CNc1nc(N)c2ncn([C@@H]3O[C@@H]4COP(O)(=S)OC5C(O)[C@@H](COP(=O)(S)OC4C3F)O[C@H]5n3cnc4c(=O)[nH]c(N)nc43)c2n1. The minimum atomic E-state index is -4.42. The standard InChI is InChI=1S/C21H26FN11O10P2S2/c1-25-21-28-14(23)9-15(30-21)32(4-26-9)18-8(22)12-7(41-18)3-39-45(37,47)43-13-11(34)6(2-38-44(36,46)42-12)40-19(13)33-5-27-10-16(33)29-20(24)31-17(10)35/h4-8,11-13,18-19,34H,2-3H2,1H3,(H,36,46)(H,37,47)(H3,23,25,28,30)(H3,24,29,31,35)/t6-,7-,8?,11?,12?,13?,18-,19-,44?,45?/m1/s1. The van der Waals surface area contributed by atoms with Gasteiger partial charge in [0.15, 0.2) is 41.3 Å². The molecule has 0 spiro atoms. The Kier molecular flexibility index (Phi) is 8.29. The molecule has 47 heavy (non-hydrogen) atoms. The summed E-state index contributed by atoms with van der Waals surface area (Å²) in [5.74, 6) is -0.0819. The molecular formula is C21H26FN11O10P2S2. The summed E-state index contributed by atoms with van der Waals surface area (Å²) in [6.45, 7) is -9.98. The van der Waals surface area contributed by atoms with Gasteiger partial charge in [0.25, 0.3) is 5.56 Å². The predicted molar refractivity (Wildman–Crippen MR) is 165 cm³/mol. The highest BCUT2D eigenvalue weighted by Gasteiger charge is 2.53. The summed E-state index contributed by atoms with van der Waals surface area (Å²) in [4.78, 5) is 46.4. The van der Waals surface area contributed by atoms with E-state index in [1.54, 1.807) is 7.05 Å². The zero-order chi connectivity index (χ0) is 33.4. The van der Waals surface area contributed by atoms with Gasteiger partial charge in [0, 0.05) is 7.05 Å². The molecule has 254 valence electrons. The largest absolute Gasteiger partial charge is 0.387 e. The number of aromatic amines is 1. The fourth-order valence-electron chi connectivity index (χ4n) is 5.44. The molecule has 0 aromatic carbocycles. The fraction of sp³-hybridized carbons (Fsp3) is 0.524. The lowest BCUT2D eigenvalue weighted by atomic mass is 10.1. The molecule has 2 bridgehead atoms. The van der Waals surface area contributed by atoms with Crippen molar-refractivity contribution in [3.05, 3.63) is 23.0 Å². The van der Waals surface area contributed by atoms with Crippen LogP contribution < -0.4 is 22.3 Å². The first kappa shape index (κ1) is 32.7. The Labute approximate surface area is 272 Å². The molecule has 0 aliphatic carbocycles. The molecule has 8 N–H and O–H groups in total. The van der Waals surface area contributed by atoms with Crippen LogP contribution in [0.3, 0.4) is 0 Å². The van der Waals surface area contributed by atoms with Crippen molar-refractivity contribution in [1.29, 1.82) is 0 Å². The number of nitrogens with two attached hydrogens (primary N) is 2. The van der Waals surface area contributed by atoms with Gasteiger partial charge in [-0.25, -0.2) is 18.9 Å². The second-order valence-electron chi connectivity index (χ2n) is 10.5. The Morgan fingerprint density at radius 1 is 1.04 bits per heavy atom. The maximum atomic E-state index is 16.2. The Morgan fingerprint density at radius 3 is 2.45 bits per heavy atom. The minimum absolute atomic E-state index is 0.0205. The van der Waals surface area contributed by atoms with Gasteiger partial charge in [-0.2, -0.15) is 15.0 Å². The molecule has 6 unspecified atom stereocenters. The normalized spacial score (nSPS) is 36.5. The van der Waals surface area contributed by atoms with E-state index in [0.29, 0.717) is 0 Å². The van der Waals surface area contributed by atoms with Crippen molar-refractivity contribution in [1.82, 2.24) is 39.0 Å². The van der Waals surface area contributed by atoms with Crippen LogP contribution in [0.15, 0.2) is 17.4 Å². The van der Waals surface area contributed by atoms with E-state index in [2.05, 4.69) is 47.5 Å². The number of halogens is 1. The van der Waals surface area contributed by atoms with Gasteiger partial charge in [-0.3, -0.25) is 32.5 Å². The molecule has 21 nitrogen and oxygen atoms in total. The van der Waals surface area contributed by atoms with Crippen molar-refractivity contribution in [2.75, 3.05) is 37.0 Å². The number of alkyl halides is 1. The zero-order valence-corrected chi connectivity index (χ0v) is 27.3. The monoisotopic (exact) mass is 737 g/mol. The zero-order valence-electron chi connectivity index (χ0n) is 23.8. The number of hydrogen-bond donors (Lipinski definition) is 7. The highest BCUT2D eigenvalue weighted by atomic mass is 32.7. The lowest BCUT2D eigenvalue weighted by Gasteiger charge is -2.27. The number of thiol groups is 1. The molecular weight excluding hydrogens is 711 g/mol. The molecule has 4 aromatic heterocycles. The third-order valence-electron chi connectivity index (χ3n) is 7.56. The molecule has 0 amide bonds. The van der Waals surface area contributed by atoms with Gasteiger partial charge in [0.2, 0.25) is 11.9 Å². The Morgan fingerprint density at radius 2 is 1.70 bits per heavy atom. The van der Waals surface area contributed by atoms with Crippen molar-refractivity contribution < 1.29 is 46.5 Å². The van der Waals surface area contributed by atoms with Crippen LogP contribution in [0.5, 0.6) is 0 Å². The number of aliphatic hydroxyl groups is 1. The number of ether oxygens (including phenoxy) is 2. The van der Waals surface area contributed by atoms with Crippen LogP contribution in [0.1, 0.15) is 12.5 Å². The number of H-pyrrole nitrogens is 1. The molecule has 3 fully saturated rings. The highest BCUT2D eigenvalue weighted by molar-refractivity contribution is 8.44. The van der Waals surface area contributed by atoms with E-state index in [4.69, 9.17) is 50.8 Å². The van der Waals surface area contributed by atoms with Crippen LogP contribution in [0.4, 0.5) is 22.1 Å². The summed E-state index contributed by atoms with van der Waals surface area (Å²) in [7, 11) is 1.56. The molecule has 3 aliphatic heterocycles. The Hall–Kier alpha value is -2.86. The topological polar surface area (TPSA) is 284 Å². The molecule has 0 radical (unpaired) electrons. The molecule has 26 heteroatoms. The average Bonchev–Trinajstić information content (AvgIpc) is 3.76. The molecule has 3 saturated heterocycles. The molecule has 7 heterocycles. The third-order valence-corrected chi connectivity index (χ3v) is 10.7. The number of nitrogens with zero attached hydrogens (tertiary/aromatic N) is 7. The minimum Gasteiger partial charge on any atom is -0.387 e. The van der Waals surface area contributed by atoms with Crippen LogP contribution in [0, 0.1) is 0 Å². The van der Waals surface area contributed by atoms with Crippen LogP contribution in [-0.2, 0) is 43.9 Å². The lowest BCUT2D eigenvalue weighted by molar-refractivity contribution is -0.0587. The van der Waals surface area contributed by atoms with Gasteiger partial charge in [-0.1, -0.05) is 12.2 Å². The number of nitrogen functional groups attached to an aromatic ring is 2.